The lowest BCUT2D eigenvalue weighted by Gasteiger charge is -2.34. The van der Waals surface area contributed by atoms with Gasteiger partial charge in [-0.25, -0.2) is 0 Å². The van der Waals surface area contributed by atoms with Crippen molar-refractivity contribution in [2.24, 2.45) is 11.8 Å². The van der Waals surface area contributed by atoms with Crippen molar-refractivity contribution in [2.75, 3.05) is 26.2 Å². The average molecular weight is 288 g/mol. The minimum atomic E-state index is 0.0374. The second-order valence-electron chi connectivity index (χ2n) is 6.68. The van der Waals surface area contributed by atoms with Crippen molar-refractivity contribution in [2.45, 2.75) is 33.6 Å². The van der Waals surface area contributed by atoms with Crippen LogP contribution in [-0.4, -0.2) is 37.0 Å². The minimum absolute atomic E-state index is 0.0374. The van der Waals surface area contributed by atoms with Crippen LogP contribution < -0.4 is 5.32 Å². The summed E-state index contributed by atoms with van der Waals surface area (Å²) in [6.45, 7) is 11.0. The first-order valence-electron chi connectivity index (χ1n) is 8.12. The molecule has 1 saturated heterocycles. The number of rotatable bonds is 5. The van der Waals surface area contributed by atoms with Crippen LogP contribution in [0.1, 0.15) is 42.6 Å². The first kappa shape index (κ1) is 16.0. The molecule has 1 aliphatic heterocycles. The van der Waals surface area contributed by atoms with Gasteiger partial charge in [0.2, 0.25) is 0 Å². The lowest BCUT2D eigenvalue weighted by atomic mass is 9.92. The number of aryl methyl sites for hydroxylation is 1. The zero-order chi connectivity index (χ0) is 15.2. The Balaban J connectivity index is 1.67. The zero-order valence-corrected chi connectivity index (χ0v) is 13.6. The minimum Gasteiger partial charge on any atom is -0.352 e. The molecule has 1 N–H and O–H groups in total. The van der Waals surface area contributed by atoms with Crippen LogP contribution in [0.3, 0.4) is 0 Å². The standard InChI is InChI=1S/C18H28N2O/c1-14-5-7-17(8-6-14)18(21)19-9-4-10-20-12-15(2)11-16(3)13-20/h5-8,15-16H,4,9-13H2,1-3H3,(H,19,21)/t15-,16+. The summed E-state index contributed by atoms with van der Waals surface area (Å²) >= 11 is 0. The molecule has 0 saturated carbocycles. The Hall–Kier alpha value is -1.35. The molecule has 1 heterocycles. The van der Waals surface area contributed by atoms with Crippen molar-refractivity contribution in [3.05, 3.63) is 35.4 Å². The molecule has 1 fully saturated rings. The van der Waals surface area contributed by atoms with E-state index in [1.54, 1.807) is 0 Å². The van der Waals surface area contributed by atoms with E-state index in [4.69, 9.17) is 0 Å². The third-order valence-corrected chi connectivity index (χ3v) is 4.19. The van der Waals surface area contributed by atoms with Gasteiger partial charge in [0.05, 0.1) is 0 Å². The second kappa shape index (κ2) is 7.60. The highest BCUT2D eigenvalue weighted by Gasteiger charge is 2.20. The highest BCUT2D eigenvalue weighted by Crippen LogP contribution is 2.20. The Morgan fingerprint density at radius 3 is 2.43 bits per heavy atom. The molecule has 3 heteroatoms. The number of carbonyl (C=O) groups excluding carboxylic acids is 1. The van der Waals surface area contributed by atoms with Gasteiger partial charge in [0.25, 0.3) is 5.91 Å². The molecule has 1 aromatic carbocycles. The molecule has 2 atom stereocenters. The predicted octanol–water partition coefficient (Wildman–Crippen LogP) is 3.09. The van der Waals surface area contributed by atoms with Gasteiger partial charge in [0.1, 0.15) is 0 Å². The van der Waals surface area contributed by atoms with E-state index >= 15 is 0 Å². The molecule has 116 valence electrons. The normalized spacial score (nSPS) is 23.0. The van der Waals surface area contributed by atoms with E-state index in [1.165, 1.54) is 25.1 Å². The molecule has 0 unspecified atom stereocenters. The third-order valence-electron chi connectivity index (χ3n) is 4.19. The Labute approximate surface area is 128 Å². The second-order valence-corrected chi connectivity index (χ2v) is 6.68. The topological polar surface area (TPSA) is 32.3 Å². The molecule has 1 aromatic rings. The van der Waals surface area contributed by atoms with Gasteiger partial charge in [0, 0.05) is 25.2 Å². The molecule has 0 aromatic heterocycles. The van der Waals surface area contributed by atoms with Crippen LogP contribution in [0, 0.1) is 18.8 Å². The Bertz CT molecular complexity index is 445. The van der Waals surface area contributed by atoms with E-state index in [2.05, 4.69) is 24.1 Å². The Morgan fingerprint density at radius 2 is 1.81 bits per heavy atom. The highest BCUT2D eigenvalue weighted by molar-refractivity contribution is 5.94. The molecule has 0 radical (unpaired) electrons. The van der Waals surface area contributed by atoms with Gasteiger partial charge in [-0.15, -0.1) is 0 Å². The Kier molecular flexibility index (Phi) is 5.80. The molecule has 3 nitrogen and oxygen atoms in total. The monoisotopic (exact) mass is 288 g/mol. The van der Waals surface area contributed by atoms with Crippen LogP contribution in [0.4, 0.5) is 0 Å². The molecular weight excluding hydrogens is 260 g/mol. The fourth-order valence-electron chi connectivity index (χ4n) is 3.29. The Morgan fingerprint density at radius 1 is 1.19 bits per heavy atom. The molecule has 21 heavy (non-hydrogen) atoms. The average Bonchev–Trinajstić information content (AvgIpc) is 2.43. The van der Waals surface area contributed by atoms with Crippen LogP contribution in [0.15, 0.2) is 24.3 Å². The van der Waals surface area contributed by atoms with Crippen LogP contribution in [0.2, 0.25) is 0 Å². The number of benzene rings is 1. The quantitative estimate of drug-likeness (QED) is 0.844. The molecular formula is C18H28N2O. The maximum atomic E-state index is 12.0. The first-order valence-corrected chi connectivity index (χ1v) is 8.12. The summed E-state index contributed by atoms with van der Waals surface area (Å²) in [6, 6.07) is 7.73. The van der Waals surface area contributed by atoms with E-state index < -0.39 is 0 Å². The smallest absolute Gasteiger partial charge is 0.251 e. The predicted molar refractivity (Wildman–Crippen MR) is 87.5 cm³/mol. The van der Waals surface area contributed by atoms with Crippen molar-refractivity contribution >= 4 is 5.91 Å². The van der Waals surface area contributed by atoms with E-state index in [0.29, 0.717) is 0 Å². The van der Waals surface area contributed by atoms with Crippen LogP contribution in [0.5, 0.6) is 0 Å². The zero-order valence-electron chi connectivity index (χ0n) is 13.6. The van der Waals surface area contributed by atoms with Crippen LogP contribution in [0.25, 0.3) is 0 Å². The van der Waals surface area contributed by atoms with Gasteiger partial charge in [0.15, 0.2) is 0 Å². The summed E-state index contributed by atoms with van der Waals surface area (Å²) < 4.78 is 0. The number of carbonyl (C=O) groups is 1. The summed E-state index contributed by atoms with van der Waals surface area (Å²) in [6.07, 6.45) is 2.37. The number of nitrogens with zero attached hydrogens (tertiary/aromatic N) is 1. The summed E-state index contributed by atoms with van der Waals surface area (Å²) in [4.78, 5) is 14.5. The largest absolute Gasteiger partial charge is 0.352 e. The van der Waals surface area contributed by atoms with Crippen molar-refractivity contribution in [1.29, 1.82) is 0 Å². The molecule has 1 aliphatic rings. The number of piperidine rings is 1. The van der Waals surface area contributed by atoms with Crippen molar-refractivity contribution < 1.29 is 4.79 Å². The number of likely N-dealkylation sites (tertiary alicyclic amines) is 1. The van der Waals surface area contributed by atoms with Crippen LogP contribution in [-0.2, 0) is 0 Å². The van der Waals surface area contributed by atoms with E-state index in [1.807, 2.05) is 31.2 Å². The fraction of sp³-hybridized carbons (Fsp3) is 0.611. The molecule has 0 spiro atoms. The summed E-state index contributed by atoms with van der Waals surface area (Å²) in [5.41, 5.74) is 1.93. The molecule has 1 amide bonds. The van der Waals surface area contributed by atoms with E-state index in [9.17, 15) is 4.79 Å². The van der Waals surface area contributed by atoms with Crippen LogP contribution >= 0.6 is 0 Å². The van der Waals surface area contributed by atoms with Crippen molar-refractivity contribution in [1.82, 2.24) is 10.2 Å². The lowest BCUT2D eigenvalue weighted by Crippen LogP contribution is -2.40. The lowest BCUT2D eigenvalue weighted by molar-refractivity contribution is 0.0947. The summed E-state index contributed by atoms with van der Waals surface area (Å²) in [5.74, 6) is 1.64. The van der Waals surface area contributed by atoms with Gasteiger partial charge in [-0.3, -0.25) is 4.79 Å². The number of nitrogens with one attached hydrogen (secondary N) is 1. The van der Waals surface area contributed by atoms with Gasteiger partial charge in [-0.2, -0.15) is 0 Å². The van der Waals surface area contributed by atoms with E-state index in [0.717, 1.165) is 36.9 Å². The van der Waals surface area contributed by atoms with Gasteiger partial charge < -0.3 is 10.2 Å². The highest BCUT2D eigenvalue weighted by atomic mass is 16.1. The number of amides is 1. The summed E-state index contributed by atoms with van der Waals surface area (Å²) in [7, 11) is 0. The first-order chi connectivity index (χ1) is 10.0. The molecule has 0 bridgehead atoms. The maximum Gasteiger partial charge on any atom is 0.251 e. The maximum absolute atomic E-state index is 12.0. The fourth-order valence-corrected chi connectivity index (χ4v) is 3.29. The van der Waals surface area contributed by atoms with Gasteiger partial charge >= 0.3 is 0 Å². The number of hydrogen-bond donors (Lipinski definition) is 1. The summed E-state index contributed by atoms with van der Waals surface area (Å²) in [5, 5.41) is 3.01. The SMILES string of the molecule is Cc1ccc(C(=O)NCCCN2C[C@H](C)C[C@H](C)C2)cc1. The van der Waals surface area contributed by atoms with E-state index in [-0.39, 0.29) is 5.91 Å². The number of hydrogen-bond acceptors (Lipinski definition) is 2. The molecule has 0 aliphatic carbocycles. The van der Waals surface area contributed by atoms with Gasteiger partial charge in [-0.1, -0.05) is 31.5 Å². The van der Waals surface area contributed by atoms with Crippen molar-refractivity contribution in [3.63, 3.8) is 0 Å². The van der Waals surface area contributed by atoms with Crippen molar-refractivity contribution in [3.8, 4) is 0 Å². The van der Waals surface area contributed by atoms with Gasteiger partial charge in [-0.05, 0) is 50.3 Å². The third kappa shape index (κ3) is 5.16. The molecule has 2 rings (SSSR count).